The van der Waals surface area contributed by atoms with E-state index in [1.165, 1.54) is 0 Å². The van der Waals surface area contributed by atoms with Crippen LogP contribution in [0.2, 0.25) is 10.0 Å². The lowest BCUT2D eigenvalue weighted by atomic mass is 10.1. The smallest absolute Gasteiger partial charge is 0.260 e. The summed E-state index contributed by atoms with van der Waals surface area (Å²) in [6.07, 6.45) is -0.554. The number of rotatable bonds is 8. The summed E-state index contributed by atoms with van der Waals surface area (Å²) in [4.78, 5) is 12.2. The molecule has 0 aliphatic heterocycles. The van der Waals surface area contributed by atoms with Crippen molar-refractivity contribution in [2.24, 2.45) is 0 Å². The Bertz CT molecular complexity index is 964. The number of benzene rings is 3. The van der Waals surface area contributed by atoms with Crippen molar-refractivity contribution >= 4 is 51.6 Å². The molecule has 0 heterocycles. The fourth-order valence-electron chi connectivity index (χ4n) is 2.71. The number of ether oxygens (including phenoxy) is 1. The van der Waals surface area contributed by atoms with Crippen LogP contribution in [-0.2, 0) is 10.5 Å². The standard InChI is InChI=1S/C22H21Cl2NO2S/c1-15(27-19-8-7-17-4-2-3-5-18(17)13-19)22(26)25-10-11-28-14-16-6-9-20(23)21(24)12-16/h2-9,12-13,15H,10-11,14H2,1H3,(H,25,26)/t15-/m1/s1. The van der Waals surface area contributed by atoms with Crippen molar-refractivity contribution in [1.82, 2.24) is 5.32 Å². The first-order valence-corrected chi connectivity index (χ1v) is 10.9. The zero-order valence-corrected chi connectivity index (χ0v) is 17.8. The average molecular weight is 434 g/mol. The Morgan fingerprint density at radius 2 is 1.82 bits per heavy atom. The van der Waals surface area contributed by atoms with Gasteiger partial charge in [-0.1, -0.05) is 59.6 Å². The summed E-state index contributed by atoms with van der Waals surface area (Å²) in [7, 11) is 0. The van der Waals surface area contributed by atoms with Gasteiger partial charge in [-0.15, -0.1) is 0 Å². The third kappa shape index (κ3) is 5.81. The van der Waals surface area contributed by atoms with Gasteiger partial charge in [0.15, 0.2) is 6.10 Å². The van der Waals surface area contributed by atoms with Crippen LogP contribution in [0.1, 0.15) is 12.5 Å². The maximum atomic E-state index is 12.2. The Morgan fingerprint density at radius 1 is 1.04 bits per heavy atom. The highest BCUT2D eigenvalue weighted by atomic mass is 35.5. The zero-order valence-electron chi connectivity index (χ0n) is 15.5. The van der Waals surface area contributed by atoms with Crippen LogP contribution in [0.25, 0.3) is 10.8 Å². The molecule has 0 unspecified atom stereocenters. The minimum Gasteiger partial charge on any atom is -0.481 e. The van der Waals surface area contributed by atoms with Crippen LogP contribution in [0.3, 0.4) is 0 Å². The van der Waals surface area contributed by atoms with E-state index in [9.17, 15) is 4.79 Å². The summed E-state index contributed by atoms with van der Waals surface area (Å²) in [6.45, 7) is 2.34. The first kappa shape index (κ1) is 20.8. The van der Waals surface area contributed by atoms with Gasteiger partial charge in [-0.05, 0) is 47.5 Å². The van der Waals surface area contributed by atoms with Crippen molar-refractivity contribution in [2.45, 2.75) is 18.8 Å². The molecule has 1 amide bonds. The number of halogens is 2. The van der Waals surface area contributed by atoms with Gasteiger partial charge in [0.1, 0.15) is 5.75 Å². The van der Waals surface area contributed by atoms with Gasteiger partial charge in [0.2, 0.25) is 0 Å². The van der Waals surface area contributed by atoms with E-state index in [-0.39, 0.29) is 5.91 Å². The monoisotopic (exact) mass is 433 g/mol. The maximum Gasteiger partial charge on any atom is 0.260 e. The molecule has 3 rings (SSSR count). The van der Waals surface area contributed by atoms with Crippen LogP contribution in [-0.4, -0.2) is 24.3 Å². The van der Waals surface area contributed by atoms with Crippen molar-refractivity contribution in [1.29, 1.82) is 0 Å². The van der Waals surface area contributed by atoms with Gasteiger partial charge < -0.3 is 10.1 Å². The lowest BCUT2D eigenvalue weighted by Gasteiger charge is -2.15. The number of carbonyl (C=O) groups excluding carboxylic acids is 1. The predicted octanol–water partition coefficient (Wildman–Crippen LogP) is 5.96. The normalized spacial score (nSPS) is 12.0. The van der Waals surface area contributed by atoms with Gasteiger partial charge in [0.25, 0.3) is 5.91 Å². The number of fused-ring (bicyclic) bond motifs is 1. The van der Waals surface area contributed by atoms with Crippen LogP contribution in [0.5, 0.6) is 5.75 Å². The lowest BCUT2D eigenvalue weighted by Crippen LogP contribution is -2.37. The zero-order chi connectivity index (χ0) is 19.9. The van der Waals surface area contributed by atoms with Crippen LogP contribution in [0.15, 0.2) is 60.7 Å². The van der Waals surface area contributed by atoms with Crippen molar-refractivity contribution < 1.29 is 9.53 Å². The molecule has 3 nitrogen and oxygen atoms in total. The largest absolute Gasteiger partial charge is 0.481 e. The van der Waals surface area contributed by atoms with E-state index in [2.05, 4.69) is 5.32 Å². The van der Waals surface area contributed by atoms with E-state index in [0.29, 0.717) is 22.3 Å². The van der Waals surface area contributed by atoms with E-state index in [1.54, 1.807) is 24.8 Å². The summed E-state index contributed by atoms with van der Waals surface area (Å²) < 4.78 is 5.79. The van der Waals surface area contributed by atoms with Crippen LogP contribution >= 0.6 is 35.0 Å². The highest BCUT2D eigenvalue weighted by molar-refractivity contribution is 7.98. The Balaban J connectivity index is 1.40. The molecule has 3 aromatic rings. The number of thioether (sulfide) groups is 1. The van der Waals surface area contributed by atoms with Crippen LogP contribution in [0.4, 0.5) is 0 Å². The molecule has 146 valence electrons. The fourth-order valence-corrected chi connectivity index (χ4v) is 3.83. The highest BCUT2D eigenvalue weighted by Gasteiger charge is 2.14. The van der Waals surface area contributed by atoms with Gasteiger partial charge >= 0.3 is 0 Å². The van der Waals surface area contributed by atoms with E-state index in [1.807, 2.05) is 54.6 Å². The van der Waals surface area contributed by atoms with E-state index in [4.69, 9.17) is 27.9 Å². The van der Waals surface area contributed by atoms with Crippen molar-refractivity contribution in [2.75, 3.05) is 12.3 Å². The fraction of sp³-hybridized carbons (Fsp3) is 0.227. The molecule has 6 heteroatoms. The third-order valence-electron chi connectivity index (χ3n) is 4.20. The molecule has 1 N–H and O–H groups in total. The topological polar surface area (TPSA) is 38.3 Å². The summed E-state index contributed by atoms with van der Waals surface area (Å²) in [5.74, 6) is 2.18. The molecule has 1 atom stereocenters. The van der Waals surface area contributed by atoms with Crippen molar-refractivity contribution in [3.63, 3.8) is 0 Å². The van der Waals surface area contributed by atoms with Gasteiger partial charge in [0.05, 0.1) is 10.0 Å². The van der Waals surface area contributed by atoms with Crippen LogP contribution < -0.4 is 10.1 Å². The molecule has 0 aliphatic rings. The van der Waals surface area contributed by atoms with Gasteiger partial charge in [0, 0.05) is 18.1 Å². The number of carbonyl (C=O) groups is 1. The van der Waals surface area contributed by atoms with Crippen molar-refractivity contribution in [3.05, 3.63) is 76.3 Å². The number of nitrogens with one attached hydrogen (secondary N) is 1. The van der Waals surface area contributed by atoms with Gasteiger partial charge in [-0.3, -0.25) is 4.79 Å². The summed E-state index contributed by atoms with van der Waals surface area (Å²) in [6, 6.07) is 19.5. The van der Waals surface area contributed by atoms with E-state index < -0.39 is 6.10 Å². The number of amides is 1. The average Bonchev–Trinajstić information content (AvgIpc) is 2.70. The molecular weight excluding hydrogens is 413 g/mol. The minimum atomic E-state index is -0.554. The maximum absolute atomic E-state index is 12.2. The van der Waals surface area contributed by atoms with Crippen LogP contribution in [0, 0.1) is 0 Å². The van der Waals surface area contributed by atoms with Crippen molar-refractivity contribution in [3.8, 4) is 5.75 Å². The Hall–Kier alpha value is -1.88. The molecule has 0 fully saturated rings. The molecule has 3 aromatic carbocycles. The molecule has 0 saturated carbocycles. The Kier molecular flexibility index (Phi) is 7.49. The summed E-state index contributed by atoms with van der Waals surface area (Å²) >= 11 is 13.7. The summed E-state index contributed by atoms with van der Waals surface area (Å²) in [5.41, 5.74) is 1.11. The molecule has 0 aromatic heterocycles. The Labute approximate surface area is 179 Å². The predicted molar refractivity (Wildman–Crippen MR) is 120 cm³/mol. The molecule has 0 spiro atoms. The second-order valence-corrected chi connectivity index (χ2v) is 8.28. The molecule has 0 aliphatic carbocycles. The highest BCUT2D eigenvalue weighted by Crippen LogP contribution is 2.24. The molecule has 0 bridgehead atoms. The first-order chi connectivity index (χ1) is 13.5. The second kappa shape index (κ2) is 10.1. The van der Waals surface area contributed by atoms with Gasteiger partial charge in [-0.2, -0.15) is 11.8 Å². The van der Waals surface area contributed by atoms with Gasteiger partial charge in [-0.25, -0.2) is 0 Å². The second-order valence-electron chi connectivity index (χ2n) is 6.36. The third-order valence-corrected chi connectivity index (χ3v) is 5.97. The molecular formula is C22H21Cl2NO2S. The first-order valence-electron chi connectivity index (χ1n) is 8.98. The number of hydrogen-bond acceptors (Lipinski definition) is 3. The minimum absolute atomic E-state index is 0.122. The molecule has 28 heavy (non-hydrogen) atoms. The van der Waals surface area contributed by atoms with E-state index >= 15 is 0 Å². The lowest BCUT2D eigenvalue weighted by molar-refractivity contribution is -0.127. The molecule has 0 saturated heterocycles. The molecule has 0 radical (unpaired) electrons. The number of hydrogen-bond donors (Lipinski definition) is 1. The van der Waals surface area contributed by atoms with E-state index in [0.717, 1.165) is 27.8 Å². The quantitative estimate of drug-likeness (QED) is 0.445. The Morgan fingerprint density at radius 3 is 2.61 bits per heavy atom. The summed E-state index contributed by atoms with van der Waals surface area (Å²) in [5, 5.41) is 6.27. The SMILES string of the molecule is C[C@@H](Oc1ccc2ccccc2c1)C(=O)NCCSCc1ccc(Cl)c(Cl)c1.